The normalized spacial score (nSPS) is 10.9. The molecule has 0 amide bonds. The molecular weight excluding hydrogens is 200 g/mol. The van der Waals surface area contributed by atoms with Gasteiger partial charge in [-0.05, 0) is 12.8 Å². The number of hydrogen-bond acceptors (Lipinski definition) is 2. The minimum atomic E-state index is -0.0590. The smallest absolute Gasteiger partial charge is 0.306 e. The van der Waals surface area contributed by atoms with E-state index in [4.69, 9.17) is 4.74 Å². The molecule has 0 saturated heterocycles. The minimum Gasteiger partial charge on any atom is -0.461 e. The fourth-order valence-electron chi connectivity index (χ4n) is 1.50. The van der Waals surface area contributed by atoms with Crippen molar-refractivity contribution >= 4 is 5.97 Å². The second kappa shape index (κ2) is 12.3. The van der Waals surface area contributed by atoms with E-state index in [1.54, 1.807) is 0 Å². The third-order valence-corrected chi connectivity index (χ3v) is 2.48. The van der Waals surface area contributed by atoms with E-state index in [-0.39, 0.29) is 5.97 Å². The molecule has 0 aromatic rings. The standard InChI is InChI=1S/C14H26O2/c1-3-5-7-8-9-10-12-14(15)16-13-11-6-4-2/h6,11H,3-5,7-10,12-13H2,1-2H3/b11-6-. The Hall–Kier alpha value is -0.790. The summed E-state index contributed by atoms with van der Waals surface area (Å²) in [6.45, 7) is 4.71. The summed E-state index contributed by atoms with van der Waals surface area (Å²) < 4.78 is 5.05. The Morgan fingerprint density at radius 2 is 1.69 bits per heavy atom. The minimum absolute atomic E-state index is 0.0590. The lowest BCUT2D eigenvalue weighted by Crippen LogP contribution is -2.03. The fraction of sp³-hybridized carbons (Fsp3) is 0.786. The van der Waals surface area contributed by atoms with Crippen molar-refractivity contribution in [2.24, 2.45) is 0 Å². The highest BCUT2D eigenvalue weighted by atomic mass is 16.5. The van der Waals surface area contributed by atoms with Crippen molar-refractivity contribution in [3.63, 3.8) is 0 Å². The molecule has 0 aliphatic carbocycles. The van der Waals surface area contributed by atoms with E-state index in [2.05, 4.69) is 13.8 Å². The van der Waals surface area contributed by atoms with Crippen LogP contribution in [0.2, 0.25) is 0 Å². The highest BCUT2D eigenvalue weighted by Crippen LogP contribution is 2.07. The molecule has 0 heterocycles. The summed E-state index contributed by atoms with van der Waals surface area (Å²) in [4.78, 5) is 11.2. The van der Waals surface area contributed by atoms with E-state index in [9.17, 15) is 4.79 Å². The van der Waals surface area contributed by atoms with Crippen LogP contribution in [-0.2, 0) is 9.53 Å². The lowest BCUT2D eigenvalue weighted by molar-refractivity contribution is -0.142. The maximum Gasteiger partial charge on any atom is 0.306 e. The summed E-state index contributed by atoms with van der Waals surface area (Å²) >= 11 is 0. The van der Waals surface area contributed by atoms with Crippen molar-refractivity contribution in [2.45, 2.75) is 65.2 Å². The van der Waals surface area contributed by atoms with E-state index >= 15 is 0 Å². The van der Waals surface area contributed by atoms with Gasteiger partial charge in [0.25, 0.3) is 0 Å². The topological polar surface area (TPSA) is 26.3 Å². The molecule has 0 spiro atoms. The van der Waals surface area contributed by atoms with Crippen LogP contribution in [0.3, 0.4) is 0 Å². The Balaban J connectivity index is 3.20. The molecule has 0 rings (SSSR count). The summed E-state index contributed by atoms with van der Waals surface area (Å²) in [6.07, 6.45) is 12.7. The first-order valence-corrected chi connectivity index (χ1v) is 6.61. The number of hydrogen-bond donors (Lipinski definition) is 0. The van der Waals surface area contributed by atoms with Gasteiger partial charge in [0, 0.05) is 6.42 Å². The lowest BCUT2D eigenvalue weighted by atomic mass is 10.1. The summed E-state index contributed by atoms with van der Waals surface area (Å²) in [5, 5.41) is 0. The molecule has 0 aliphatic rings. The zero-order valence-corrected chi connectivity index (χ0v) is 10.8. The molecule has 0 aromatic heterocycles. The average molecular weight is 226 g/mol. The van der Waals surface area contributed by atoms with E-state index in [1.807, 2.05) is 12.2 Å². The molecule has 0 N–H and O–H groups in total. The zero-order chi connectivity index (χ0) is 12.1. The van der Waals surface area contributed by atoms with Gasteiger partial charge in [0.15, 0.2) is 0 Å². The predicted molar refractivity (Wildman–Crippen MR) is 68.4 cm³/mol. The Bertz CT molecular complexity index is 185. The highest BCUT2D eigenvalue weighted by molar-refractivity contribution is 5.69. The largest absolute Gasteiger partial charge is 0.461 e. The number of allylic oxidation sites excluding steroid dienone is 1. The first-order chi connectivity index (χ1) is 7.81. The average Bonchev–Trinajstić information content (AvgIpc) is 2.29. The van der Waals surface area contributed by atoms with Crippen LogP contribution >= 0.6 is 0 Å². The van der Waals surface area contributed by atoms with Gasteiger partial charge in [0.2, 0.25) is 0 Å². The summed E-state index contributed by atoms with van der Waals surface area (Å²) in [5.74, 6) is -0.0590. The van der Waals surface area contributed by atoms with Gasteiger partial charge in [0.05, 0.1) is 0 Å². The van der Waals surface area contributed by atoms with E-state index in [1.165, 1.54) is 25.7 Å². The number of carbonyl (C=O) groups is 1. The SMILES string of the molecule is CC/C=C\COC(=O)CCCCCCCC. The van der Waals surface area contributed by atoms with Gasteiger partial charge in [0.1, 0.15) is 6.61 Å². The van der Waals surface area contributed by atoms with Gasteiger partial charge >= 0.3 is 5.97 Å². The Morgan fingerprint density at radius 3 is 2.38 bits per heavy atom. The molecule has 0 atom stereocenters. The first-order valence-electron chi connectivity index (χ1n) is 6.61. The second-order valence-corrected chi connectivity index (χ2v) is 4.08. The second-order valence-electron chi connectivity index (χ2n) is 4.08. The molecule has 0 fully saturated rings. The van der Waals surface area contributed by atoms with Crippen LogP contribution in [0.25, 0.3) is 0 Å². The molecule has 2 nitrogen and oxygen atoms in total. The molecule has 0 unspecified atom stereocenters. The molecule has 0 aromatic carbocycles. The van der Waals surface area contributed by atoms with Crippen molar-refractivity contribution < 1.29 is 9.53 Å². The summed E-state index contributed by atoms with van der Waals surface area (Å²) in [5.41, 5.74) is 0. The van der Waals surface area contributed by atoms with Crippen molar-refractivity contribution in [3.05, 3.63) is 12.2 Å². The molecule has 0 radical (unpaired) electrons. The molecule has 16 heavy (non-hydrogen) atoms. The van der Waals surface area contributed by atoms with Gasteiger partial charge in [-0.2, -0.15) is 0 Å². The number of esters is 1. The van der Waals surface area contributed by atoms with Crippen LogP contribution in [0.4, 0.5) is 0 Å². The van der Waals surface area contributed by atoms with Crippen LogP contribution < -0.4 is 0 Å². The van der Waals surface area contributed by atoms with Crippen molar-refractivity contribution in [1.82, 2.24) is 0 Å². The van der Waals surface area contributed by atoms with E-state index in [0.29, 0.717) is 13.0 Å². The van der Waals surface area contributed by atoms with Crippen LogP contribution in [0.15, 0.2) is 12.2 Å². The van der Waals surface area contributed by atoms with E-state index < -0.39 is 0 Å². The molecule has 0 saturated carbocycles. The Labute approximate surface area is 100 Å². The quantitative estimate of drug-likeness (QED) is 0.316. The lowest BCUT2D eigenvalue weighted by Gasteiger charge is -2.02. The highest BCUT2D eigenvalue weighted by Gasteiger charge is 2.00. The zero-order valence-electron chi connectivity index (χ0n) is 10.8. The molecule has 0 aliphatic heterocycles. The van der Waals surface area contributed by atoms with Gasteiger partial charge in [-0.3, -0.25) is 4.79 Å². The monoisotopic (exact) mass is 226 g/mol. The molecule has 0 bridgehead atoms. The first kappa shape index (κ1) is 15.2. The third-order valence-electron chi connectivity index (χ3n) is 2.48. The Morgan fingerprint density at radius 1 is 1.00 bits per heavy atom. The van der Waals surface area contributed by atoms with Crippen LogP contribution in [-0.4, -0.2) is 12.6 Å². The third kappa shape index (κ3) is 11.3. The van der Waals surface area contributed by atoms with Gasteiger partial charge < -0.3 is 4.74 Å². The number of ether oxygens (including phenoxy) is 1. The van der Waals surface area contributed by atoms with Crippen LogP contribution in [0.5, 0.6) is 0 Å². The molecule has 94 valence electrons. The fourth-order valence-corrected chi connectivity index (χ4v) is 1.50. The van der Waals surface area contributed by atoms with Gasteiger partial charge in [-0.1, -0.05) is 58.1 Å². The van der Waals surface area contributed by atoms with Crippen LogP contribution in [0.1, 0.15) is 65.2 Å². The van der Waals surface area contributed by atoms with Crippen molar-refractivity contribution in [2.75, 3.05) is 6.61 Å². The maximum atomic E-state index is 11.2. The van der Waals surface area contributed by atoms with Gasteiger partial charge in [-0.15, -0.1) is 0 Å². The molecular formula is C14H26O2. The maximum absolute atomic E-state index is 11.2. The van der Waals surface area contributed by atoms with E-state index in [0.717, 1.165) is 19.3 Å². The summed E-state index contributed by atoms with van der Waals surface area (Å²) in [7, 11) is 0. The molecule has 2 heteroatoms. The Kier molecular flexibility index (Phi) is 11.7. The number of unbranched alkanes of at least 4 members (excludes halogenated alkanes) is 5. The van der Waals surface area contributed by atoms with Crippen molar-refractivity contribution in [3.8, 4) is 0 Å². The van der Waals surface area contributed by atoms with Gasteiger partial charge in [-0.25, -0.2) is 0 Å². The van der Waals surface area contributed by atoms with Crippen LogP contribution in [0, 0.1) is 0 Å². The van der Waals surface area contributed by atoms with Crippen molar-refractivity contribution in [1.29, 1.82) is 0 Å². The summed E-state index contributed by atoms with van der Waals surface area (Å²) in [6, 6.07) is 0. The number of rotatable bonds is 10. The predicted octanol–water partition coefficient (Wildman–Crippen LogP) is 4.25. The number of carbonyl (C=O) groups excluding carboxylic acids is 1.